The molecule has 1 saturated heterocycles. The van der Waals surface area contributed by atoms with Crippen LogP contribution in [0.15, 0.2) is 0 Å². The minimum Gasteiger partial charge on any atom is -0.460 e. The molecule has 3 amide bonds. The molecule has 11 heteroatoms. The second kappa shape index (κ2) is 14.3. The van der Waals surface area contributed by atoms with Crippen molar-refractivity contribution in [1.82, 2.24) is 10.2 Å². The largest absolute Gasteiger partial charge is 0.460 e. The Morgan fingerprint density at radius 1 is 1.33 bits per heavy atom. The van der Waals surface area contributed by atoms with Gasteiger partial charge in [-0.15, -0.1) is 0 Å². The number of carbonyl (C=O) groups excluding carboxylic acids is 4. The highest BCUT2D eigenvalue weighted by molar-refractivity contribution is 8.00. The first-order chi connectivity index (χ1) is 14.4. The Kier molecular flexibility index (Phi) is 12.6. The van der Waals surface area contributed by atoms with Crippen molar-refractivity contribution >= 4 is 35.5 Å². The first-order valence-corrected chi connectivity index (χ1v) is 11.2. The van der Waals surface area contributed by atoms with E-state index >= 15 is 0 Å². The summed E-state index contributed by atoms with van der Waals surface area (Å²) >= 11 is 1.34. The molecule has 3 atom stereocenters. The number of esters is 1. The van der Waals surface area contributed by atoms with Crippen molar-refractivity contribution in [3.05, 3.63) is 0 Å². The fourth-order valence-electron chi connectivity index (χ4n) is 2.74. The molecule has 0 aromatic carbocycles. The van der Waals surface area contributed by atoms with Crippen LogP contribution >= 0.6 is 11.8 Å². The number of rotatable bonds is 15. The highest BCUT2D eigenvalue weighted by Crippen LogP contribution is 2.22. The number of hydrogen-bond donors (Lipinski definition) is 2. The number of hydrogen-bond acceptors (Lipinski definition) is 9. The Morgan fingerprint density at radius 3 is 2.63 bits per heavy atom. The topological polar surface area (TPSA) is 131 Å². The maximum absolute atomic E-state index is 12.0. The molecule has 3 unspecified atom stereocenters. The third-order valence-corrected chi connectivity index (χ3v) is 5.51. The SMILES string of the molecule is CCC(CO)OC(COC(=O)CCCC(=O)NCCN1C(=O)CC(SC)C1=O)OC. The molecule has 172 valence electrons. The predicted molar refractivity (Wildman–Crippen MR) is 110 cm³/mol. The number of aliphatic hydroxyl groups excluding tert-OH is 1. The highest BCUT2D eigenvalue weighted by atomic mass is 32.2. The van der Waals surface area contributed by atoms with E-state index in [9.17, 15) is 19.2 Å². The zero-order chi connectivity index (χ0) is 22.5. The number of likely N-dealkylation sites (tertiary alicyclic amines) is 1. The fraction of sp³-hybridized carbons (Fsp3) is 0.789. The third kappa shape index (κ3) is 8.99. The average molecular weight is 449 g/mol. The Bertz CT molecular complexity index is 585. The molecular formula is C19H32N2O8S. The second-order valence-corrected chi connectivity index (χ2v) is 7.75. The van der Waals surface area contributed by atoms with Crippen LogP contribution in [-0.4, -0.2) is 91.0 Å². The summed E-state index contributed by atoms with van der Waals surface area (Å²) < 4.78 is 15.6. The summed E-state index contributed by atoms with van der Waals surface area (Å²) in [4.78, 5) is 48.6. The highest BCUT2D eigenvalue weighted by Gasteiger charge is 2.37. The first-order valence-electron chi connectivity index (χ1n) is 9.94. The number of nitrogens with one attached hydrogen (secondary N) is 1. The quantitative estimate of drug-likeness (QED) is 0.203. The number of carbonyl (C=O) groups is 4. The molecule has 1 fully saturated rings. The van der Waals surface area contributed by atoms with Gasteiger partial charge in [-0.3, -0.25) is 24.1 Å². The van der Waals surface area contributed by atoms with Gasteiger partial charge in [-0.25, -0.2) is 0 Å². The van der Waals surface area contributed by atoms with Crippen LogP contribution in [-0.2, 0) is 33.4 Å². The Labute approximate surface area is 181 Å². The van der Waals surface area contributed by atoms with E-state index in [2.05, 4.69) is 5.32 Å². The molecule has 30 heavy (non-hydrogen) atoms. The van der Waals surface area contributed by atoms with Gasteiger partial charge in [0.15, 0.2) is 6.29 Å². The zero-order valence-electron chi connectivity index (χ0n) is 17.8. The van der Waals surface area contributed by atoms with E-state index in [1.165, 1.54) is 23.8 Å². The van der Waals surface area contributed by atoms with E-state index in [1.54, 1.807) is 6.26 Å². The molecule has 1 heterocycles. The summed E-state index contributed by atoms with van der Waals surface area (Å²) in [6.07, 6.45) is 1.89. The average Bonchev–Trinajstić information content (AvgIpc) is 3.01. The smallest absolute Gasteiger partial charge is 0.305 e. The second-order valence-electron chi connectivity index (χ2n) is 6.71. The maximum Gasteiger partial charge on any atom is 0.305 e. The molecule has 1 aliphatic heterocycles. The molecular weight excluding hydrogens is 416 g/mol. The lowest BCUT2D eigenvalue weighted by Gasteiger charge is -2.21. The standard InChI is InChI=1S/C19H32N2O8S/c1-4-13(11-22)29-18(27-2)12-28-17(25)7-5-6-15(23)20-8-9-21-16(24)10-14(30-3)19(21)26/h13-14,18,22H,4-12H2,1-3H3,(H,20,23). The van der Waals surface area contributed by atoms with E-state index in [0.29, 0.717) is 12.8 Å². The summed E-state index contributed by atoms with van der Waals surface area (Å²) in [7, 11) is 1.41. The van der Waals surface area contributed by atoms with E-state index in [0.717, 1.165) is 0 Å². The molecule has 0 radical (unpaired) electrons. The number of nitrogens with zero attached hydrogens (tertiary/aromatic N) is 1. The summed E-state index contributed by atoms with van der Waals surface area (Å²) in [5, 5.41) is 11.4. The molecule has 0 saturated carbocycles. The molecule has 1 aliphatic rings. The van der Waals surface area contributed by atoms with Gasteiger partial charge >= 0.3 is 5.97 Å². The number of aliphatic hydroxyl groups is 1. The van der Waals surface area contributed by atoms with Crippen molar-refractivity contribution in [3.63, 3.8) is 0 Å². The van der Waals surface area contributed by atoms with Crippen molar-refractivity contribution in [2.75, 3.05) is 39.7 Å². The van der Waals surface area contributed by atoms with Gasteiger partial charge in [0.25, 0.3) is 0 Å². The lowest BCUT2D eigenvalue weighted by atomic mass is 10.2. The monoisotopic (exact) mass is 448 g/mol. The van der Waals surface area contributed by atoms with Crippen molar-refractivity contribution in [3.8, 4) is 0 Å². The summed E-state index contributed by atoms with van der Waals surface area (Å²) in [5.74, 6) is -1.19. The normalized spacial score (nSPS) is 18.4. The van der Waals surface area contributed by atoms with E-state index < -0.39 is 18.4 Å². The first kappa shape index (κ1) is 26.3. The van der Waals surface area contributed by atoms with Crippen molar-refractivity contribution in [2.24, 2.45) is 0 Å². The van der Waals surface area contributed by atoms with Gasteiger partial charge in [0.1, 0.15) is 6.61 Å². The van der Waals surface area contributed by atoms with Crippen LogP contribution < -0.4 is 5.32 Å². The molecule has 1 rings (SSSR count). The lowest BCUT2D eigenvalue weighted by molar-refractivity contribution is -0.194. The fourth-order valence-corrected chi connectivity index (χ4v) is 3.38. The Hall–Kier alpha value is -1.69. The Balaban J connectivity index is 2.18. The molecule has 2 N–H and O–H groups in total. The number of amides is 3. The minimum atomic E-state index is -0.768. The van der Waals surface area contributed by atoms with Crippen molar-refractivity contribution in [2.45, 2.75) is 56.7 Å². The summed E-state index contributed by atoms with van der Waals surface area (Å²) in [6, 6.07) is 0. The summed E-state index contributed by atoms with van der Waals surface area (Å²) in [5.41, 5.74) is 0. The van der Waals surface area contributed by atoms with Gasteiger partial charge in [-0.1, -0.05) is 6.92 Å². The van der Waals surface area contributed by atoms with Crippen molar-refractivity contribution < 1.29 is 38.5 Å². The maximum atomic E-state index is 12.0. The Morgan fingerprint density at radius 2 is 2.07 bits per heavy atom. The van der Waals surface area contributed by atoms with E-state index in [-0.39, 0.29) is 68.5 Å². The van der Waals surface area contributed by atoms with Crippen LogP contribution in [0.5, 0.6) is 0 Å². The van der Waals surface area contributed by atoms with Gasteiger partial charge in [-0.2, -0.15) is 11.8 Å². The number of thioether (sulfide) groups is 1. The predicted octanol–water partition coefficient (Wildman–Crippen LogP) is 0.0666. The minimum absolute atomic E-state index is 0.0551. The number of methoxy groups -OCH3 is 1. The molecule has 0 bridgehead atoms. The molecule has 0 spiro atoms. The molecule has 10 nitrogen and oxygen atoms in total. The van der Waals surface area contributed by atoms with Gasteiger partial charge < -0.3 is 24.6 Å². The molecule has 0 aromatic heterocycles. The number of imide groups is 1. The van der Waals surface area contributed by atoms with Crippen LogP contribution in [0.2, 0.25) is 0 Å². The van der Waals surface area contributed by atoms with Crippen LogP contribution in [0.4, 0.5) is 0 Å². The number of ether oxygens (including phenoxy) is 3. The summed E-state index contributed by atoms with van der Waals surface area (Å²) in [6.45, 7) is 1.92. The van der Waals surface area contributed by atoms with Gasteiger partial charge in [0, 0.05) is 39.5 Å². The van der Waals surface area contributed by atoms with Crippen LogP contribution in [0.1, 0.15) is 39.0 Å². The van der Waals surface area contributed by atoms with E-state index in [4.69, 9.17) is 19.3 Å². The molecule has 0 aliphatic carbocycles. The van der Waals surface area contributed by atoms with Gasteiger partial charge in [0.05, 0.1) is 18.0 Å². The van der Waals surface area contributed by atoms with Gasteiger partial charge in [-0.05, 0) is 19.1 Å². The van der Waals surface area contributed by atoms with E-state index in [1.807, 2.05) is 6.92 Å². The van der Waals surface area contributed by atoms with Gasteiger partial charge in [0.2, 0.25) is 17.7 Å². The van der Waals surface area contributed by atoms with Crippen LogP contribution in [0.25, 0.3) is 0 Å². The zero-order valence-corrected chi connectivity index (χ0v) is 18.6. The van der Waals surface area contributed by atoms with Crippen LogP contribution in [0.3, 0.4) is 0 Å². The van der Waals surface area contributed by atoms with Crippen molar-refractivity contribution in [1.29, 1.82) is 0 Å². The lowest BCUT2D eigenvalue weighted by Crippen LogP contribution is -2.38. The van der Waals surface area contributed by atoms with Crippen LogP contribution in [0, 0.1) is 0 Å². The third-order valence-electron chi connectivity index (χ3n) is 4.58. The molecule has 0 aromatic rings.